The van der Waals surface area contributed by atoms with Crippen molar-refractivity contribution in [3.63, 3.8) is 0 Å². The molecule has 0 atom stereocenters. The normalized spacial score (nSPS) is 13.9. The second kappa shape index (κ2) is 8.26. The number of halogens is 1. The van der Waals surface area contributed by atoms with E-state index < -0.39 is 5.97 Å². The SMILES string of the molecule is CCn1cc(C=C2Oc3c(ccc(OC(=O)c4ccc(Cl)cc4)c3C)C2=O)c2ccccc21. The first-order chi connectivity index (χ1) is 16.0. The van der Waals surface area contributed by atoms with E-state index in [1.54, 1.807) is 49.4 Å². The Bertz CT molecular complexity index is 1450. The number of hydrogen-bond donors (Lipinski definition) is 0. The molecule has 6 heteroatoms. The van der Waals surface area contributed by atoms with Gasteiger partial charge in [0.25, 0.3) is 0 Å². The predicted octanol–water partition coefficient (Wildman–Crippen LogP) is 6.46. The van der Waals surface area contributed by atoms with Crippen molar-refractivity contribution in [1.82, 2.24) is 4.57 Å². The third-order valence-corrected chi connectivity index (χ3v) is 6.02. The molecule has 1 aliphatic heterocycles. The summed E-state index contributed by atoms with van der Waals surface area (Å²) in [7, 11) is 0. The van der Waals surface area contributed by atoms with Crippen LogP contribution in [0.15, 0.2) is 72.6 Å². The number of Topliss-reactive ketones (excluding diaryl/α,β-unsaturated/α-hetero) is 1. The number of carbonyl (C=O) groups is 2. The zero-order chi connectivity index (χ0) is 23.1. The van der Waals surface area contributed by atoms with Crippen LogP contribution < -0.4 is 9.47 Å². The molecule has 5 rings (SSSR count). The van der Waals surface area contributed by atoms with Gasteiger partial charge in [-0.2, -0.15) is 0 Å². The van der Waals surface area contributed by atoms with Gasteiger partial charge in [-0.05, 0) is 62.4 Å². The molecule has 164 valence electrons. The molecule has 0 spiro atoms. The van der Waals surface area contributed by atoms with E-state index in [1.807, 2.05) is 24.4 Å². The number of allylic oxidation sites excluding steroid dienone is 1. The molecular weight excluding hydrogens is 438 g/mol. The fourth-order valence-electron chi connectivity index (χ4n) is 4.02. The second-order valence-electron chi connectivity index (χ2n) is 7.79. The maximum Gasteiger partial charge on any atom is 0.343 e. The van der Waals surface area contributed by atoms with E-state index in [-0.39, 0.29) is 11.5 Å². The summed E-state index contributed by atoms with van der Waals surface area (Å²) in [4.78, 5) is 25.5. The molecule has 0 radical (unpaired) electrons. The van der Waals surface area contributed by atoms with Gasteiger partial charge in [0.05, 0.1) is 11.1 Å². The van der Waals surface area contributed by atoms with Crippen molar-refractivity contribution in [2.75, 3.05) is 0 Å². The van der Waals surface area contributed by atoms with Gasteiger partial charge < -0.3 is 14.0 Å². The Morgan fingerprint density at radius 1 is 1.09 bits per heavy atom. The minimum absolute atomic E-state index is 0.197. The van der Waals surface area contributed by atoms with Crippen LogP contribution in [0.2, 0.25) is 5.02 Å². The van der Waals surface area contributed by atoms with Crippen molar-refractivity contribution in [3.8, 4) is 11.5 Å². The Balaban J connectivity index is 1.46. The van der Waals surface area contributed by atoms with E-state index in [4.69, 9.17) is 21.1 Å². The zero-order valence-electron chi connectivity index (χ0n) is 18.1. The first kappa shape index (κ1) is 21.0. The number of esters is 1. The quantitative estimate of drug-likeness (QED) is 0.200. The number of ketones is 1. The fourth-order valence-corrected chi connectivity index (χ4v) is 4.14. The van der Waals surface area contributed by atoms with Crippen molar-refractivity contribution in [2.24, 2.45) is 0 Å². The lowest BCUT2D eigenvalue weighted by molar-refractivity contribution is 0.0733. The summed E-state index contributed by atoms with van der Waals surface area (Å²) in [5, 5.41) is 1.59. The summed E-state index contributed by atoms with van der Waals surface area (Å²) in [5.74, 6) is 0.282. The molecule has 0 saturated carbocycles. The largest absolute Gasteiger partial charge is 0.452 e. The zero-order valence-corrected chi connectivity index (χ0v) is 18.8. The monoisotopic (exact) mass is 457 g/mol. The molecule has 0 N–H and O–H groups in total. The number of ether oxygens (including phenoxy) is 2. The molecule has 0 unspecified atom stereocenters. The van der Waals surface area contributed by atoms with Gasteiger partial charge in [0.2, 0.25) is 5.78 Å². The van der Waals surface area contributed by atoms with E-state index in [2.05, 4.69) is 17.6 Å². The van der Waals surface area contributed by atoms with Gasteiger partial charge in [0, 0.05) is 39.8 Å². The molecule has 33 heavy (non-hydrogen) atoms. The number of hydrogen-bond acceptors (Lipinski definition) is 4. The van der Waals surface area contributed by atoms with E-state index in [0.717, 1.165) is 23.0 Å². The van der Waals surface area contributed by atoms with E-state index >= 15 is 0 Å². The van der Waals surface area contributed by atoms with Gasteiger partial charge in [0.1, 0.15) is 11.5 Å². The number of aryl methyl sites for hydroxylation is 1. The highest BCUT2D eigenvalue weighted by molar-refractivity contribution is 6.30. The molecule has 1 aliphatic rings. The van der Waals surface area contributed by atoms with Crippen molar-refractivity contribution in [1.29, 1.82) is 0 Å². The van der Waals surface area contributed by atoms with Gasteiger partial charge in [-0.15, -0.1) is 0 Å². The molecule has 0 fully saturated rings. The minimum Gasteiger partial charge on any atom is -0.452 e. The standard InChI is InChI=1S/C27H20ClNO4/c1-3-29-15-18(20-6-4-5-7-22(20)29)14-24-25(30)21-12-13-23(16(2)26(21)32-24)33-27(31)17-8-10-19(28)11-9-17/h4-15H,3H2,1-2H3. The van der Waals surface area contributed by atoms with Crippen LogP contribution in [0.25, 0.3) is 17.0 Å². The summed E-state index contributed by atoms with van der Waals surface area (Å²) in [5.41, 5.74) is 3.43. The topological polar surface area (TPSA) is 57.5 Å². The minimum atomic E-state index is -0.512. The van der Waals surface area contributed by atoms with E-state index in [9.17, 15) is 9.59 Å². The number of para-hydroxylation sites is 1. The summed E-state index contributed by atoms with van der Waals surface area (Å²) in [6, 6.07) is 17.8. The number of benzene rings is 3. The molecule has 4 aromatic rings. The van der Waals surface area contributed by atoms with Gasteiger partial charge in [-0.25, -0.2) is 4.79 Å². The lowest BCUT2D eigenvalue weighted by Crippen LogP contribution is -2.09. The molecule has 0 saturated heterocycles. The van der Waals surface area contributed by atoms with E-state index in [0.29, 0.717) is 33.2 Å². The molecule has 0 bridgehead atoms. The predicted molar refractivity (Wildman–Crippen MR) is 128 cm³/mol. The first-order valence-corrected chi connectivity index (χ1v) is 11.0. The van der Waals surface area contributed by atoms with Crippen LogP contribution in [-0.4, -0.2) is 16.3 Å². The van der Waals surface area contributed by atoms with Gasteiger partial charge in [-0.3, -0.25) is 4.79 Å². The van der Waals surface area contributed by atoms with Crippen molar-refractivity contribution < 1.29 is 19.1 Å². The van der Waals surface area contributed by atoms with Crippen LogP contribution in [0, 0.1) is 6.92 Å². The third kappa shape index (κ3) is 3.70. The Morgan fingerprint density at radius 2 is 1.85 bits per heavy atom. The molecule has 3 aromatic carbocycles. The molecule has 1 aromatic heterocycles. The Kier molecular flexibility index (Phi) is 5.27. The lowest BCUT2D eigenvalue weighted by Gasteiger charge is -2.10. The molecule has 0 amide bonds. The van der Waals surface area contributed by atoms with Crippen molar-refractivity contribution in [3.05, 3.63) is 99.9 Å². The number of rotatable bonds is 4. The van der Waals surface area contributed by atoms with Crippen LogP contribution in [0.4, 0.5) is 0 Å². The van der Waals surface area contributed by atoms with Crippen molar-refractivity contribution in [2.45, 2.75) is 20.4 Å². The first-order valence-electron chi connectivity index (χ1n) is 10.6. The van der Waals surface area contributed by atoms with Crippen LogP contribution >= 0.6 is 11.6 Å². The number of nitrogens with zero attached hydrogens (tertiary/aromatic N) is 1. The fraction of sp³-hybridized carbons (Fsp3) is 0.111. The Hall–Kier alpha value is -3.83. The van der Waals surface area contributed by atoms with Gasteiger partial charge >= 0.3 is 5.97 Å². The van der Waals surface area contributed by atoms with Crippen LogP contribution in [-0.2, 0) is 6.54 Å². The van der Waals surface area contributed by atoms with Gasteiger partial charge in [-0.1, -0.05) is 29.8 Å². The highest BCUT2D eigenvalue weighted by Crippen LogP contribution is 2.40. The molecule has 2 heterocycles. The van der Waals surface area contributed by atoms with Crippen LogP contribution in [0.1, 0.15) is 38.8 Å². The van der Waals surface area contributed by atoms with Crippen molar-refractivity contribution >= 4 is 40.3 Å². The maximum atomic E-state index is 13.0. The molecular formula is C27H20ClNO4. The summed E-state index contributed by atoms with van der Waals surface area (Å²) >= 11 is 5.89. The van der Waals surface area contributed by atoms with Crippen LogP contribution in [0.5, 0.6) is 11.5 Å². The van der Waals surface area contributed by atoms with Gasteiger partial charge in [0.15, 0.2) is 5.76 Å². The summed E-state index contributed by atoms with van der Waals surface area (Å²) in [6.07, 6.45) is 3.79. The van der Waals surface area contributed by atoms with Crippen LogP contribution in [0.3, 0.4) is 0 Å². The Morgan fingerprint density at radius 3 is 2.61 bits per heavy atom. The average Bonchev–Trinajstić information content (AvgIpc) is 3.34. The summed E-state index contributed by atoms with van der Waals surface area (Å²) < 4.78 is 13.7. The highest BCUT2D eigenvalue weighted by atomic mass is 35.5. The molecule has 0 aliphatic carbocycles. The smallest absolute Gasteiger partial charge is 0.343 e. The van der Waals surface area contributed by atoms with E-state index in [1.165, 1.54) is 0 Å². The Labute approximate surface area is 195 Å². The lowest BCUT2D eigenvalue weighted by atomic mass is 10.1. The third-order valence-electron chi connectivity index (χ3n) is 5.77. The summed E-state index contributed by atoms with van der Waals surface area (Å²) in [6.45, 7) is 4.66. The maximum absolute atomic E-state index is 13.0. The second-order valence-corrected chi connectivity index (χ2v) is 8.23. The highest BCUT2D eigenvalue weighted by Gasteiger charge is 2.31. The molecule has 5 nitrogen and oxygen atoms in total. The average molecular weight is 458 g/mol. The number of carbonyl (C=O) groups excluding carboxylic acids is 2. The number of fused-ring (bicyclic) bond motifs is 2. The number of aromatic nitrogens is 1.